The molecule has 1 atom stereocenters. The molecule has 1 amide bonds. The second kappa shape index (κ2) is 5.71. The van der Waals surface area contributed by atoms with Gasteiger partial charge in [-0.1, -0.05) is 0 Å². The third-order valence-corrected chi connectivity index (χ3v) is 4.37. The van der Waals surface area contributed by atoms with Crippen molar-refractivity contribution >= 4 is 16.3 Å². The second-order valence-electron chi connectivity index (χ2n) is 6.46. The van der Waals surface area contributed by atoms with E-state index in [1.54, 1.807) is 4.90 Å². The van der Waals surface area contributed by atoms with Crippen LogP contribution in [0, 0.1) is 0 Å². The summed E-state index contributed by atoms with van der Waals surface area (Å²) in [6.07, 6.45) is 0.163. The molecule has 8 nitrogen and oxygen atoms in total. The molecule has 2 fully saturated rings. The number of nitrogens with zero attached hydrogens (tertiary/aromatic N) is 2. The van der Waals surface area contributed by atoms with Gasteiger partial charge >= 0.3 is 6.09 Å². The van der Waals surface area contributed by atoms with Gasteiger partial charge in [-0.3, -0.25) is 0 Å². The van der Waals surface area contributed by atoms with Crippen molar-refractivity contribution in [3.63, 3.8) is 0 Å². The van der Waals surface area contributed by atoms with E-state index in [9.17, 15) is 13.2 Å². The molecular formula is C12H23N3O5S. The number of hydrogen-bond donors (Lipinski definition) is 1. The van der Waals surface area contributed by atoms with Crippen LogP contribution >= 0.6 is 0 Å². The highest BCUT2D eigenvalue weighted by atomic mass is 32.2. The molecule has 0 aromatic carbocycles. The first-order valence-electron chi connectivity index (χ1n) is 6.96. The third-order valence-electron chi connectivity index (χ3n) is 3.36. The van der Waals surface area contributed by atoms with E-state index in [2.05, 4.69) is 0 Å². The lowest BCUT2D eigenvalue weighted by Crippen LogP contribution is -2.57. The molecule has 0 spiro atoms. The Morgan fingerprint density at radius 2 is 1.81 bits per heavy atom. The molecule has 2 saturated heterocycles. The summed E-state index contributed by atoms with van der Waals surface area (Å²) in [4.78, 5) is 13.5. The Balaban J connectivity index is 1.73. The minimum absolute atomic E-state index is 0.0786. The lowest BCUT2D eigenvalue weighted by atomic mass is 10.2. The van der Waals surface area contributed by atoms with Crippen LogP contribution in [0.3, 0.4) is 0 Å². The van der Waals surface area contributed by atoms with Crippen molar-refractivity contribution in [1.29, 1.82) is 0 Å². The standard InChI is InChI=1S/C12H23N3O5S/c1-12(2,3)20-11(16)14-5-4-9(6-14)19-10-7-15(8-10)21(13,17)18/h9-10H,4-8H2,1-3H3,(H2,13,17,18). The average molecular weight is 321 g/mol. The largest absolute Gasteiger partial charge is 0.444 e. The van der Waals surface area contributed by atoms with Gasteiger partial charge in [0.2, 0.25) is 0 Å². The van der Waals surface area contributed by atoms with Crippen LogP contribution in [-0.2, 0) is 19.7 Å². The molecule has 2 heterocycles. The topological polar surface area (TPSA) is 102 Å². The maximum Gasteiger partial charge on any atom is 0.410 e. The fourth-order valence-corrected chi connectivity index (χ4v) is 3.05. The number of carbonyl (C=O) groups is 1. The van der Waals surface area contributed by atoms with Crippen molar-refractivity contribution in [3.05, 3.63) is 0 Å². The molecule has 0 aromatic rings. The first kappa shape index (κ1) is 16.5. The summed E-state index contributed by atoms with van der Waals surface area (Å²) in [5.74, 6) is 0. The highest BCUT2D eigenvalue weighted by Crippen LogP contribution is 2.22. The summed E-state index contributed by atoms with van der Waals surface area (Å²) in [6.45, 7) is 7.09. The number of ether oxygens (including phenoxy) is 2. The summed E-state index contributed by atoms with van der Waals surface area (Å²) in [6, 6.07) is 0. The van der Waals surface area contributed by atoms with Gasteiger partial charge in [0.15, 0.2) is 0 Å². The molecule has 21 heavy (non-hydrogen) atoms. The zero-order chi connectivity index (χ0) is 15.8. The molecular weight excluding hydrogens is 298 g/mol. The first-order chi connectivity index (χ1) is 9.54. The van der Waals surface area contributed by atoms with Crippen molar-refractivity contribution < 1.29 is 22.7 Å². The number of amides is 1. The molecule has 2 aliphatic heterocycles. The van der Waals surface area contributed by atoms with E-state index < -0.39 is 15.8 Å². The van der Waals surface area contributed by atoms with E-state index in [4.69, 9.17) is 14.6 Å². The van der Waals surface area contributed by atoms with Gasteiger partial charge in [0, 0.05) is 19.6 Å². The lowest BCUT2D eigenvalue weighted by Gasteiger charge is -2.37. The minimum atomic E-state index is -3.61. The second-order valence-corrected chi connectivity index (χ2v) is 8.00. The Hall–Kier alpha value is -0.900. The van der Waals surface area contributed by atoms with Crippen molar-refractivity contribution in [2.75, 3.05) is 26.2 Å². The maximum atomic E-state index is 11.9. The Bertz CT molecular complexity index is 496. The van der Waals surface area contributed by atoms with E-state index in [1.807, 2.05) is 20.8 Å². The van der Waals surface area contributed by atoms with Gasteiger partial charge in [-0.15, -0.1) is 0 Å². The van der Waals surface area contributed by atoms with Crippen molar-refractivity contribution in [2.24, 2.45) is 5.14 Å². The number of nitrogens with two attached hydrogens (primary N) is 1. The molecule has 2 N–H and O–H groups in total. The predicted octanol–water partition coefficient (Wildman–Crippen LogP) is -0.0999. The highest BCUT2D eigenvalue weighted by molar-refractivity contribution is 7.86. The molecule has 0 bridgehead atoms. The van der Waals surface area contributed by atoms with E-state index >= 15 is 0 Å². The molecule has 0 saturated carbocycles. The zero-order valence-corrected chi connectivity index (χ0v) is 13.4. The van der Waals surface area contributed by atoms with E-state index in [0.717, 1.165) is 10.7 Å². The summed E-state index contributed by atoms with van der Waals surface area (Å²) in [5, 5.41) is 5.00. The number of rotatable bonds is 3. The molecule has 0 radical (unpaired) electrons. The van der Waals surface area contributed by atoms with Crippen LogP contribution in [0.2, 0.25) is 0 Å². The monoisotopic (exact) mass is 321 g/mol. The SMILES string of the molecule is CC(C)(C)OC(=O)N1CCC(OC2CN(S(N)(=O)=O)C2)C1. The molecule has 2 rings (SSSR count). The van der Waals surface area contributed by atoms with E-state index in [0.29, 0.717) is 13.1 Å². The van der Waals surface area contributed by atoms with Gasteiger partial charge < -0.3 is 14.4 Å². The number of likely N-dealkylation sites (tertiary alicyclic amines) is 1. The van der Waals surface area contributed by atoms with E-state index in [-0.39, 0.29) is 31.4 Å². The lowest BCUT2D eigenvalue weighted by molar-refractivity contribution is -0.0619. The van der Waals surface area contributed by atoms with Gasteiger partial charge in [0.25, 0.3) is 10.2 Å². The molecule has 1 unspecified atom stereocenters. The van der Waals surface area contributed by atoms with Crippen molar-refractivity contribution in [3.8, 4) is 0 Å². The minimum Gasteiger partial charge on any atom is -0.444 e. The number of hydrogen-bond acceptors (Lipinski definition) is 5. The summed E-state index contributed by atoms with van der Waals surface area (Å²) in [5.41, 5.74) is -0.514. The Morgan fingerprint density at radius 1 is 1.19 bits per heavy atom. The molecule has 122 valence electrons. The summed E-state index contributed by atoms with van der Waals surface area (Å²) in [7, 11) is -3.61. The molecule has 0 aliphatic carbocycles. The van der Waals surface area contributed by atoms with Crippen LogP contribution < -0.4 is 5.14 Å². The Kier molecular flexibility index (Phi) is 4.48. The fraction of sp³-hybridized carbons (Fsp3) is 0.917. The van der Waals surface area contributed by atoms with Crippen LogP contribution in [0.1, 0.15) is 27.2 Å². The van der Waals surface area contributed by atoms with Gasteiger partial charge in [0.1, 0.15) is 5.60 Å². The first-order valence-corrected chi connectivity index (χ1v) is 8.46. The van der Waals surface area contributed by atoms with Crippen LogP contribution in [0.25, 0.3) is 0 Å². The fourth-order valence-electron chi connectivity index (χ4n) is 2.30. The Labute approximate surface area is 125 Å². The highest BCUT2D eigenvalue weighted by Gasteiger charge is 2.38. The number of carbonyl (C=O) groups excluding carboxylic acids is 1. The molecule has 2 aliphatic rings. The molecule has 9 heteroatoms. The van der Waals surface area contributed by atoms with E-state index in [1.165, 1.54) is 0 Å². The van der Waals surface area contributed by atoms with Crippen molar-refractivity contribution in [1.82, 2.24) is 9.21 Å². The Morgan fingerprint density at radius 3 is 2.33 bits per heavy atom. The maximum absolute atomic E-state index is 11.9. The smallest absolute Gasteiger partial charge is 0.410 e. The quantitative estimate of drug-likeness (QED) is 0.782. The van der Waals surface area contributed by atoms with Crippen LogP contribution in [0.5, 0.6) is 0 Å². The van der Waals surface area contributed by atoms with Gasteiger partial charge in [-0.05, 0) is 27.2 Å². The van der Waals surface area contributed by atoms with Crippen LogP contribution in [0.4, 0.5) is 4.79 Å². The molecule has 0 aromatic heterocycles. The van der Waals surface area contributed by atoms with Gasteiger partial charge in [-0.2, -0.15) is 12.7 Å². The van der Waals surface area contributed by atoms with Crippen LogP contribution in [-0.4, -0.2) is 67.7 Å². The summed E-state index contributed by atoms with van der Waals surface area (Å²) < 4.78 is 34.3. The normalized spacial score (nSPS) is 25.0. The van der Waals surface area contributed by atoms with Crippen molar-refractivity contribution in [2.45, 2.75) is 45.0 Å². The van der Waals surface area contributed by atoms with Gasteiger partial charge in [-0.25, -0.2) is 9.93 Å². The van der Waals surface area contributed by atoms with Crippen LogP contribution in [0.15, 0.2) is 0 Å². The van der Waals surface area contributed by atoms with Gasteiger partial charge in [0.05, 0.1) is 18.8 Å². The predicted molar refractivity (Wildman–Crippen MR) is 75.8 cm³/mol. The third kappa shape index (κ3) is 4.53. The zero-order valence-electron chi connectivity index (χ0n) is 12.6. The summed E-state index contributed by atoms with van der Waals surface area (Å²) >= 11 is 0. The average Bonchev–Trinajstić information content (AvgIpc) is 2.66.